The molecule has 0 saturated carbocycles. The monoisotopic (exact) mass is 391 g/mol. The maximum Gasteiger partial charge on any atom is 0.200 e. The molecule has 6 nitrogen and oxygen atoms in total. The van der Waals surface area contributed by atoms with Crippen molar-refractivity contribution in [3.05, 3.63) is 52.5 Å². The molecule has 1 unspecified atom stereocenters. The average Bonchev–Trinajstić information content (AvgIpc) is 2.67. The molecule has 2 aromatic carbocycles. The molecule has 0 aliphatic rings. The number of guanidine groups is 1. The molecule has 146 valence electrons. The molecule has 7 heteroatoms. The third-order valence-corrected chi connectivity index (χ3v) is 4.37. The Morgan fingerprint density at radius 2 is 1.81 bits per heavy atom. The van der Waals surface area contributed by atoms with Crippen LogP contribution in [0.4, 0.5) is 0 Å². The molecule has 2 aromatic rings. The van der Waals surface area contributed by atoms with E-state index in [2.05, 4.69) is 15.6 Å². The molecule has 2 rings (SSSR count). The van der Waals surface area contributed by atoms with Crippen LogP contribution < -0.4 is 20.1 Å². The number of nitrogens with zero attached hydrogens (tertiary/aromatic N) is 1. The minimum Gasteiger partial charge on any atom is -0.502 e. The Hall–Kier alpha value is -2.60. The maximum atomic E-state index is 10.0. The Morgan fingerprint density at radius 1 is 1.19 bits per heavy atom. The van der Waals surface area contributed by atoms with Crippen molar-refractivity contribution < 1.29 is 14.6 Å². The number of hydrogen-bond acceptors (Lipinski definition) is 4. The van der Waals surface area contributed by atoms with E-state index >= 15 is 0 Å². The van der Waals surface area contributed by atoms with Gasteiger partial charge in [0.05, 0.1) is 26.8 Å². The van der Waals surface area contributed by atoms with E-state index < -0.39 is 0 Å². The van der Waals surface area contributed by atoms with E-state index in [-0.39, 0.29) is 11.8 Å². The van der Waals surface area contributed by atoms with Gasteiger partial charge in [-0.15, -0.1) is 0 Å². The lowest BCUT2D eigenvalue weighted by atomic mass is 10.1. The van der Waals surface area contributed by atoms with Crippen LogP contribution in [0.5, 0.6) is 17.2 Å². The highest BCUT2D eigenvalue weighted by molar-refractivity contribution is 6.31. The van der Waals surface area contributed by atoms with E-state index in [1.54, 1.807) is 12.1 Å². The molecule has 0 aliphatic heterocycles. The summed E-state index contributed by atoms with van der Waals surface area (Å²) in [5.74, 6) is 1.34. The largest absolute Gasteiger partial charge is 0.502 e. The van der Waals surface area contributed by atoms with Gasteiger partial charge < -0.3 is 25.2 Å². The van der Waals surface area contributed by atoms with Crippen molar-refractivity contribution in [2.24, 2.45) is 4.99 Å². The van der Waals surface area contributed by atoms with Crippen LogP contribution in [0.15, 0.2) is 41.4 Å². The van der Waals surface area contributed by atoms with E-state index in [1.165, 1.54) is 14.2 Å². The van der Waals surface area contributed by atoms with Gasteiger partial charge in [-0.25, -0.2) is 4.99 Å². The van der Waals surface area contributed by atoms with Gasteiger partial charge in [-0.05, 0) is 43.2 Å². The fourth-order valence-corrected chi connectivity index (χ4v) is 2.94. The van der Waals surface area contributed by atoms with Crippen LogP contribution in [0.25, 0.3) is 0 Å². The number of nitrogens with one attached hydrogen (secondary N) is 2. The maximum absolute atomic E-state index is 10.0. The van der Waals surface area contributed by atoms with E-state index in [9.17, 15) is 5.11 Å². The van der Waals surface area contributed by atoms with Crippen LogP contribution in [0.3, 0.4) is 0 Å². The molecular weight excluding hydrogens is 366 g/mol. The summed E-state index contributed by atoms with van der Waals surface area (Å²) in [6.07, 6.45) is 0. The lowest BCUT2D eigenvalue weighted by Gasteiger charge is -2.19. The number of phenolic OH excluding ortho intramolecular Hbond substituents is 1. The highest BCUT2D eigenvalue weighted by Gasteiger charge is 2.13. The lowest BCUT2D eigenvalue weighted by Crippen LogP contribution is -2.38. The van der Waals surface area contributed by atoms with Crippen molar-refractivity contribution in [3.63, 3.8) is 0 Å². The summed E-state index contributed by atoms with van der Waals surface area (Å²) in [6.45, 7) is 5.14. The fourth-order valence-electron chi connectivity index (χ4n) is 2.64. The van der Waals surface area contributed by atoms with Crippen LogP contribution in [-0.2, 0) is 6.54 Å². The summed E-state index contributed by atoms with van der Waals surface area (Å²) in [6, 6.07) is 11.2. The van der Waals surface area contributed by atoms with E-state index in [4.69, 9.17) is 21.1 Å². The van der Waals surface area contributed by atoms with Crippen molar-refractivity contribution in [3.8, 4) is 17.2 Å². The van der Waals surface area contributed by atoms with Gasteiger partial charge in [0.2, 0.25) is 5.75 Å². The first-order valence-corrected chi connectivity index (χ1v) is 9.11. The zero-order valence-electron chi connectivity index (χ0n) is 16.0. The summed E-state index contributed by atoms with van der Waals surface area (Å²) in [7, 11) is 3.00. The van der Waals surface area contributed by atoms with Gasteiger partial charge in [-0.3, -0.25) is 0 Å². The summed E-state index contributed by atoms with van der Waals surface area (Å²) in [4.78, 5) is 4.62. The third kappa shape index (κ3) is 5.44. The number of rotatable bonds is 7. The molecule has 0 aliphatic carbocycles. The van der Waals surface area contributed by atoms with Crippen LogP contribution in [-0.4, -0.2) is 31.8 Å². The van der Waals surface area contributed by atoms with Gasteiger partial charge >= 0.3 is 0 Å². The van der Waals surface area contributed by atoms with E-state index in [0.29, 0.717) is 29.0 Å². The van der Waals surface area contributed by atoms with Crippen LogP contribution in [0.2, 0.25) is 5.02 Å². The summed E-state index contributed by atoms with van der Waals surface area (Å²) < 4.78 is 10.4. The van der Waals surface area contributed by atoms with Crippen LogP contribution in [0.1, 0.15) is 31.0 Å². The average molecular weight is 392 g/mol. The number of ether oxygens (including phenoxy) is 2. The number of aromatic hydroxyl groups is 1. The quantitative estimate of drug-likeness (QED) is 0.493. The molecule has 27 heavy (non-hydrogen) atoms. The molecular formula is C20H26ClN3O3. The zero-order valence-corrected chi connectivity index (χ0v) is 16.8. The first kappa shape index (κ1) is 20.7. The van der Waals surface area contributed by atoms with Gasteiger partial charge in [0.25, 0.3) is 0 Å². The number of hydrogen-bond donors (Lipinski definition) is 3. The standard InChI is InChI=1S/C20H26ClN3O3/c1-5-22-20(24-13(2)15-8-6-7-9-16(15)21)23-12-14-10-17(26-3)19(25)18(11-14)27-4/h6-11,13,25H,5,12H2,1-4H3,(H2,22,23,24). The number of halogens is 1. The predicted molar refractivity (Wildman–Crippen MR) is 109 cm³/mol. The summed E-state index contributed by atoms with van der Waals surface area (Å²) in [5.41, 5.74) is 1.85. The van der Waals surface area contributed by atoms with Crippen molar-refractivity contribution in [2.45, 2.75) is 26.4 Å². The predicted octanol–water partition coefficient (Wildman–Crippen LogP) is 3.88. The Kier molecular flexibility index (Phi) is 7.61. The van der Waals surface area contributed by atoms with Crippen molar-refractivity contribution in [2.75, 3.05) is 20.8 Å². The van der Waals surface area contributed by atoms with Crippen molar-refractivity contribution >= 4 is 17.6 Å². The minimum atomic E-state index is -0.0231. The Bertz CT molecular complexity index is 771. The van der Waals surface area contributed by atoms with Gasteiger partial charge in [-0.1, -0.05) is 29.8 Å². The van der Waals surface area contributed by atoms with Gasteiger partial charge in [-0.2, -0.15) is 0 Å². The van der Waals surface area contributed by atoms with Crippen molar-refractivity contribution in [1.82, 2.24) is 10.6 Å². The Labute approximate surface area is 165 Å². The molecule has 0 radical (unpaired) electrons. The van der Waals surface area contributed by atoms with Crippen LogP contribution >= 0.6 is 11.6 Å². The highest BCUT2D eigenvalue weighted by Crippen LogP contribution is 2.37. The number of aliphatic imine (C=N–C) groups is 1. The highest BCUT2D eigenvalue weighted by atomic mass is 35.5. The third-order valence-electron chi connectivity index (χ3n) is 4.03. The van der Waals surface area contributed by atoms with Gasteiger partial charge in [0.15, 0.2) is 17.5 Å². The normalized spacial score (nSPS) is 12.4. The summed E-state index contributed by atoms with van der Waals surface area (Å²) in [5, 5.41) is 17.3. The second kappa shape index (κ2) is 9.92. The minimum absolute atomic E-state index is 0.0135. The number of phenols is 1. The Morgan fingerprint density at radius 3 is 2.37 bits per heavy atom. The molecule has 0 bridgehead atoms. The Balaban J connectivity index is 2.19. The molecule has 0 fully saturated rings. The SMILES string of the molecule is CCNC(=NCc1cc(OC)c(O)c(OC)c1)NC(C)c1ccccc1Cl. The molecule has 1 atom stereocenters. The fraction of sp³-hybridized carbons (Fsp3) is 0.350. The topological polar surface area (TPSA) is 75.1 Å². The molecule has 0 aromatic heterocycles. The van der Waals surface area contributed by atoms with E-state index in [1.807, 2.05) is 38.1 Å². The summed E-state index contributed by atoms with van der Waals surface area (Å²) >= 11 is 6.28. The zero-order chi connectivity index (χ0) is 19.8. The molecule has 0 saturated heterocycles. The second-order valence-electron chi connectivity index (χ2n) is 5.93. The molecule has 0 spiro atoms. The van der Waals surface area contributed by atoms with Gasteiger partial charge in [0.1, 0.15) is 0 Å². The first-order chi connectivity index (χ1) is 13.0. The molecule has 3 N–H and O–H groups in total. The molecule has 0 amide bonds. The van der Waals surface area contributed by atoms with Gasteiger partial charge in [0, 0.05) is 11.6 Å². The number of methoxy groups -OCH3 is 2. The lowest BCUT2D eigenvalue weighted by molar-refractivity contribution is 0.339. The van der Waals surface area contributed by atoms with Crippen molar-refractivity contribution in [1.29, 1.82) is 0 Å². The van der Waals surface area contributed by atoms with Crippen LogP contribution in [0, 0.1) is 0 Å². The second-order valence-corrected chi connectivity index (χ2v) is 6.34. The van der Waals surface area contributed by atoms with E-state index in [0.717, 1.165) is 17.7 Å². The molecule has 0 heterocycles. The number of benzene rings is 2. The first-order valence-electron chi connectivity index (χ1n) is 8.73. The smallest absolute Gasteiger partial charge is 0.200 e.